The quantitative estimate of drug-likeness (QED) is 0.493. The van der Waals surface area contributed by atoms with Crippen LogP contribution in [0.4, 0.5) is 0 Å². The first-order chi connectivity index (χ1) is 15.2. The Morgan fingerprint density at radius 1 is 1.09 bits per heavy atom. The molecular weight excluding hydrogens is 444 g/mol. The average Bonchev–Trinajstić information content (AvgIpc) is 3.23. The van der Waals surface area contributed by atoms with Crippen LogP contribution in [0.25, 0.3) is 21.3 Å². The second-order valence-electron chi connectivity index (χ2n) is 9.33. The van der Waals surface area contributed by atoms with Crippen molar-refractivity contribution in [2.24, 2.45) is 5.41 Å². The monoisotopic (exact) mass is 466 g/mol. The Kier molecular flexibility index (Phi) is 4.98. The van der Waals surface area contributed by atoms with Crippen molar-refractivity contribution < 1.29 is 14.4 Å². The minimum absolute atomic E-state index is 0.0677. The molecule has 0 atom stereocenters. The van der Waals surface area contributed by atoms with Crippen LogP contribution in [0, 0.1) is 12.3 Å². The number of hydrogen-bond acceptors (Lipinski definition) is 5. The fraction of sp³-hybridized carbons (Fsp3) is 0.360. The van der Waals surface area contributed by atoms with Gasteiger partial charge in [0, 0.05) is 40.5 Å². The molecule has 0 radical (unpaired) electrons. The number of Topliss-reactive ketones (excluding diaryl/α,β-unsaturated/α-hetero) is 1. The third-order valence-electron chi connectivity index (χ3n) is 6.53. The molecule has 0 unspecified atom stereocenters. The maximum atomic E-state index is 12.7. The van der Waals surface area contributed by atoms with Gasteiger partial charge < -0.3 is 0 Å². The second-order valence-corrected chi connectivity index (χ2v) is 10.8. The van der Waals surface area contributed by atoms with Crippen LogP contribution in [0.1, 0.15) is 48.4 Å². The van der Waals surface area contributed by atoms with Crippen molar-refractivity contribution >= 4 is 50.8 Å². The van der Waals surface area contributed by atoms with Gasteiger partial charge in [0.1, 0.15) is 10.6 Å². The lowest BCUT2D eigenvalue weighted by Gasteiger charge is -2.28. The second kappa shape index (κ2) is 7.49. The van der Waals surface area contributed by atoms with Gasteiger partial charge in [-0.1, -0.05) is 55.3 Å². The first-order valence-electron chi connectivity index (χ1n) is 10.7. The predicted molar refractivity (Wildman–Crippen MR) is 126 cm³/mol. The van der Waals surface area contributed by atoms with Crippen LogP contribution in [0.15, 0.2) is 24.3 Å². The number of amides is 2. The minimum atomic E-state index is -0.439. The number of carbonyl (C=O) groups is 3. The van der Waals surface area contributed by atoms with E-state index in [0.717, 1.165) is 37.3 Å². The molecular formula is C25H23ClN2O3S. The molecule has 32 heavy (non-hydrogen) atoms. The molecule has 1 aliphatic heterocycles. The normalized spacial score (nSPS) is 18.0. The molecule has 1 aromatic carbocycles. The molecule has 1 saturated heterocycles. The molecule has 164 valence electrons. The molecule has 2 aromatic heterocycles. The summed E-state index contributed by atoms with van der Waals surface area (Å²) in [6.07, 6.45) is 1.50. The highest BCUT2D eigenvalue weighted by Gasteiger charge is 2.37. The van der Waals surface area contributed by atoms with Crippen molar-refractivity contribution in [1.82, 2.24) is 9.88 Å². The van der Waals surface area contributed by atoms with Crippen molar-refractivity contribution in [1.29, 1.82) is 0 Å². The topological polar surface area (TPSA) is 67.3 Å². The zero-order valence-corrected chi connectivity index (χ0v) is 19.8. The summed E-state index contributed by atoms with van der Waals surface area (Å²) < 4.78 is 0. The van der Waals surface area contributed by atoms with Crippen LogP contribution in [-0.4, -0.2) is 27.5 Å². The lowest BCUT2D eigenvalue weighted by Crippen LogP contribution is -2.32. The van der Waals surface area contributed by atoms with E-state index < -0.39 is 5.41 Å². The molecule has 7 heteroatoms. The number of carbonyl (C=O) groups excluding carboxylic acids is 3. The smallest absolute Gasteiger partial charge is 0.230 e. The largest absolute Gasteiger partial charge is 0.299 e. The number of ketones is 1. The highest BCUT2D eigenvalue weighted by atomic mass is 35.5. The Morgan fingerprint density at radius 3 is 2.41 bits per heavy atom. The zero-order chi connectivity index (χ0) is 22.8. The Hall–Kier alpha value is -2.57. The van der Waals surface area contributed by atoms with Gasteiger partial charge in [0.2, 0.25) is 11.8 Å². The van der Waals surface area contributed by atoms with Crippen molar-refractivity contribution in [3.05, 3.63) is 51.0 Å². The number of imide groups is 1. The van der Waals surface area contributed by atoms with Crippen molar-refractivity contribution in [3.8, 4) is 11.1 Å². The summed E-state index contributed by atoms with van der Waals surface area (Å²) in [5, 5.41) is 1.45. The number of rotatable bonds is 3. The van der Waals surface area contributed by atoms with Crippen molar-refractivity contribution in [2.45, 2.75) is 53.0 Å². The predicted octanol–water partition coefficient (Wildman–Crippen LogP) is 5.27. The third-order valence-corrected chi connectivity index (χ3v) is 8.06. The van der Waals surface area contributed by atoms with E-state index in [1.807, 2.05) is 45.0 Å². The van der Waals surface area contributed by atoms with Crippen LogP contribution in [0.5, 0.6) is 0 Å². The van der Waals surface area contributed by atoms with Gasteiger partial charge in [-0.3, -0.25) is 19.3 Å². The van der Waals surface area contributed by atoms with Crippen molar-refractivity contribution in [3.63, 3.8) is 0 Å². The van der Waals surface area contributed by atoms with E-state index in [9.17, 15) is 14.4 Å². The molecule has 0 N–H and O–H groups in total. The molecule has 0 spiro atoms. The van der Waals surface area contributed by atoms with Crippen molar-refractivity contribution in [2.75, 3.05) is 0 Å². The molecule has 0 bridgehead atoms. The summed E-state index contributed by atoms with van der Waals surface area (Å²) in [6, 6.07) is 8.15. The molecule has 3 heterocycles. The van der Waals surface area contributed by atoms with E-state index in [2.05, 4.69) is 0 Å². The summed E-state index contributed by atoms with van der Waals surface area (Å²) in [5.41, 5.74) is 4.19. The maximum absolute atomic E-state index is 12.7. The SMILES string of the molecule is Cc1ccc(-c2c(Cl)c(CN3C(=O)CCC3=O)nc3sc4c(c23)CC(C)(C)C(=O)C4)cc1. The Bertz CT molecular complexity index is 1290. The fourth-order valence-electron chi connectivity index (χ4n) is 4.56. The maximum Gasteiger partial charge on any atom is 0.230 e. The van der Waals surface area contributed by atoms with Gasteiger partial charge in [0.05, 0.1) is 17.3 Å². The highest BCUT2D eigenvalue weighted by Crippen LogP contribution is 2.47. The van der Waals surface area contributed by atoms with Crippen LogP contribution in [0.2, 0.25) is 5.02 Å². The zero-order valence-electron chi connectivity index (χ0n) is 18.3. The van der Waals surface area contributed by atoms with Crippen LogP contribution in [-0.2, 0) is 33.8 Å². The summed E-state index contributed by atoms with van der Waals surface area (Å²) in [6.45, 7) is 6.07. The molecule has 2 amide bonds. The van der Waals surface area contributed by atoms with E-state index >= 15 is 0 Å². The first-order valence-corrected chi connectivity index (χ1v) is 11.9. The molecule has 5 rings (SSSR count). The molecule has 5 nitrogen and oxygen atoms in total. The van der Waals surface area contributed by atoms with E-state index in [4.69, 9.17) is 16.6 Å². The molecule has 1 fully saturated rings. The van der Waals surface area contributed by atoms with Gasteiger partial charge >= 0.3 is 0 Å². The number of aryl methyl sites for hydroxylation is 1. The van der Waals surface area contributed by atoms with Crippen LogP contribution in [0.3, 0.4) is 0 Å². The molecule has 2 aliphatic rings. The number of aromatic nitrogens is 1. The average molecular weight is 467 g/mol. The lowest BCUT2D eigenvalue weighted by atomic mass is 9.75. The summed E-state index contributed by atoms with van der Waals surface area (Å²) in [5.74, 6) is -0.154. The van der Waals surface area contributed by atoms with E-state index in [1.54, 1.807) is 0 Å². The highest BCUT2D eigenvalue weighted by molar-refractivity contribution is 7.19. The number of likely N-dealkylation sites (tertiary alicyclic amines) is 1. The fourth-order valence-corrected chi connectivity index (χ4v) is 6.08. The van der Waals surface area contributed by atoms with Gasteiger partial charge in [-0.05, 0) is 24.5 Å². The van der Waals surface area contributed by atoms with Gasteiger partial charge in [0.15, 0.2) is 0 Å². The van der Waals surface area contributed by atoms with Gasteiger partial charge in [0.25, 0.3) is 0 Å². The number of hydrogen-bond donors (Lipinski definition) is 0. The number of nitrogens with zero attached hydrogens (tertiary/aromatic N) is 2. The standard InChI is InChI=1S/C25H23ClN2O3S/c1-13-4-6-14(7-5-13)21-22-15-11-25(2,3)18(29)10-17(15)32-24(22)27-16(23(21)26)12-28-19(30)8-9-20(28)31/h4-7H,8-12H2,1-3H3. The van der Waals surface area contributed by atoms with E-state index in [1.165, 1.54) is 16.2 Å². The van der Waals surface area contributed by atoms with Gasteiger partial charge in [-0.25, -0.2) is 4.98 Å². The first kappa shape index (κ1) is 21.3. The van der Waals surface area contributed by atoms with E-state index in [0.29, 0.717) is 23.6 Å². The Labute approximate surface area is 195 Å². The van der Waals surface area contributed by atoms with Crippen LogP contribution >= 0.6 is 22.9 Å². The number of thiophene rings is 1. The Balaban J connectivity index is 1.75. The Morgan fingerprint density at radius 2 is 1.75 bits per heavy atom. The lowest BCUT2D eigenvalue weighted by molar-refractivity contribution is -0.139. The summed E-state index contributed by atoms with van der Waals surface area (Å²) in [7, 11) is 0. The molecule has 0 saturated carbocycles. The number of benzene rings is 1. The van der Waals surface area contributed by atoms with Gasteiger partial charge in [-0.2, -0.15) is 0 Å². The molecule has 3 aromatic rings. The number of halogens is 1. The third kappa shape index (κ3) is 3.37. The summed E-state index contributed by atoms with van der Waals surface area (Å²) >= 11 is 8.48. The van der Waals surface area contributed by atoms with E-state index in [-0.39, 0.29) is 37.0 Å². The van der Waals surface area contributed by atoms with Crippen LogP contribution < -0.4 is 0 Å². The number of fused-ring (bicyclic) bond motifs is 3. The minimum Gasteiger partial charge on any atom is -0.299 e. The number of pyridine rings is 1. The summed E-state index contributed by atoms with van der Waals surface area (Å²) in [4.78, 5) is 45.0. The van der Waals surface area contributed by atoms with Gasteiger partial charge in [-0.15, -0.1) is 11.3 Å². The molecule has 1 aliphatic carbocycles.